The average Bonchev–Trinajstić information content (AvgIpc) is 2.37. The van der Waals surface area contributed by atoms with E-state index in [2.05, 4.69) is 23.9 Å². The predicted octanol–water partition coefficient (Wildman–Crippen LogP) is 2.51. The summed E-state index contributed by atoms with van der Waals surface area (Å²) in [4.78, 5) is 0.328. The van der Waals surface area contributed by atoms with E-state index < -0.39 is 10.0 Å². The summed E-state index contributed by atoms with van der Waals surface area (Å²) in [7, 11) is -1.55. The number of rotatable bonds is 8. The van der Waals surface area contributed by atoms with Crippen LogP contribution in [0.15, 0.2) is 29.2 Å². The van der Waals surface area contributed by atoms with Crippen LogP contribution in [0.4, 0.5) is 0 Å². The van der Waals surface area contributed by atoms with E-state index in [4.69, 9.17) is 0 Å². The molecule has 0 radical (unpaired) electrons. The lowest BCUT2D eigenvalue weighted by Gasteiger charge is -2.15. The van der Waals surface area contributed by atoms with E-state index in [-0.39, 0.29) is 6.04 Å². The molecule has 20 heavy (non-hydrogen) atoms. The zero-order valence-electron chi connectivity index (χ0n) is 12.8. The fourth-order valence-electron chi connectivity index (χ4n) is 1.97. The van der Waals surface area contributed by atoms with Crippen molar-refractivity contribution in [2.75, 3.05) is 7.05 Å². The maximum Gasteiger partial charge on any atom is 0.240 e. The highest BCUT2D eigenvalue weighted by atomic mass is 32.2. The lowest BCUT2D eigenvalue weighted by atomic mass is 10.1. The second-order valence-corrected chi connectivity index (χ2v) is 7.38. The van der Waals surface area contributed by atoms with E-state index >= 15 is 0 Å². The Balaban J connectivity index is 2.68. The van der Waals surface area contributed by atoms with Gasteiger partial charge in [-0.15, -0.1) is 0 Å². The third-order valence-corrected chi connectivity index (χ3v) is 4.75. The van der Waals surface area contributed by atoms with Gasteiger partial charge in [0.15, 0.2) is 0 Å². The summed E-state index contributed by atoms with van der Waals surface area (Å²) in [6, 6.07) is 6.95. The maximum atomic E-state index is 12.2. The SMILES string of the molecule is CNCc1ccc(S(=O)(=O)NC(C)CCC(C)C)cc1. The molecule has 0 aliphatic carbocycles. The summed E-state index contributed by atoms with van der Waals surface area (Å²) in [6.07, 6.45) is 1.87. The van der Waals surface area contributed by atoms with Crippen LogP contribution in [0.3, 0.4) is 0 Å². The van der Waals surface area contributed by atoms with Crippen molar-refractivity contribution in [3.63, 3.8) is 0 Å². The van der Waals surface area contributed by atoms with Crippen molar-refractivity contribution in [1.29, 1.82) is 0 Å². The van der Waals surface area contributed by atoms with Crippen molar-refractivity contribution in [1.82, 2.24) is 10.0 Å². The van der Waals surface area contributed by atoms with Gasteiger partial charge in [0, 0.05) is 12.6 Å². The third kappa shape index (κ3) is 5.61. The first-order chi connectivity index (χ1) is 9.35. The molecule has 0 aromatic heterocycles. The molecule has 0 saturated heterocycles. The molecule has 0 aliphatic heterocycles. The monoisotopic (exact) mass is 298 g/mol. The van der Waals surface area contributed by atoms with Crippen LogP contribution in [-0.2, 0) is 16.6 Å². The van der Waals surface area contributed by atoms with E-state index in [9.17, 15) is 8.42 Å². The molecule has 0 saturated carbocycles. The highest BCUT2D eigenvalue weighted by molar-refractivity contribution is 7.89. The molecule has 114 valence electrons. The smallest absolute Gasteiger partial charge is 0.240 e. The summed E-state index contributed by atoms with van der Waals surface area (Å²) in [5.74, 6) is 0.586. The summed E-state index contributed by atoms with van der Waals surface area (Å²) >= 11 is 0. The zero-order chi connectivity index (χ0) is 15.2. The lowest BCUT2D eigenvalue weighted by molar-refractivity contribution is 0.485. The summed E-state index contributed by atoms with van der Waals surface area (Å²) in [5, 5.41) is 3.04. The van der Waals surface area contributed by atoms with E-state index in [0.717, 1.165) is 24.9 Å². The van der Waals surface area contributed by atoms with Crippen molar-refractivity contribution in [2.45, 2.75) is 51.1 Å². The third-order valence-electron chi connectivity index (χ3n) is 3.15. The van der Waals surface area contributed by atoms with Gasteiger partial charge < -0.3 is 5.32 Å². The molecular formula is C15H26N2O2S. The Bertz CT molecular complexity index is 495. The lowest BCUT2D eigenvalue weighted by Crippen LogP contribution is -2.32. The van der Waals surface area contributed by atoms with Gasteiger partial charge in [0.25, 0.3) is 0 Å². The van der Waals surface area contributed by atoms with Gasteiger partial charge in [0.1, 0.15) is 0 Å². The standard InChI is InChI=1S/C15H26N2O2S/c1-12(2)5-6-13(3)17-20(18,19)15-9-7-14(8-10-15)11-16-4/h7-10,12-13,16-17H,5-6,11H2,1-4H3. The highest BCUT2D eigenvalue weighted by Crippen LogP contribution is 2.13. The normalized spacial score (nSPS) is 13.7. The Kier molecular flexibility index (Phi) is 6.65. The van der Waals surface area contributed by atoms with E-state index in [1.54, 1.807) is 12.1 Å². The molecule has 0 aliphatic rings. The first kappa shape index (κ1) is 17.1. The van der Waals surface area contributed by atoms with Gasteiger partial charge in [-0.25, -0.2) is 13.1 Å². The molecule has 1 atom stereocenters. The van der Waals surface area contributed by atoms with Crippen molar-refractivity contribution in [3.05, 3.63) is 29.8 Å². The number of nitrogens with one attached hydrogen (secondary N) is 2. The van der Waals surface area contributed by atoms with E-state index in [0.29, 0.717) is 10.8 Å². The fourth-order valence-corrected chi connectivity index (χ4v) is 3.24. The first-order valence-corrected chi connectivity index (χ1v) is 8.59. The van der Waals surface area contributed by atoms with Gasteiger partial charge in [-0.05, 0) is 50.4 Å². The Morgan fingerprint density at radius 2 is 1.65 bits per heavy atom. The largest absolute Gasteiger partial charge is 0.316 e. The van der Waals surface area contributed by atoms with Gasteiger partial charge in [-0.1, -0.05) is 26.0 Å². The Hall–Kier alpha value is -0.910. The Labute approximate surface area is 123 Å². The first-order valence-electron chi connectivity index (χ1n) is 7.11. The molecule has 4 nitrogen and oxygen atoms in total. The van der Waals surface area contributed by atoms with Gasteiger partial charge in [-0.2, -0.15) is 0 Å². The number of sulfonamides is 1. The van der Waals surface area contributed by atoms with Gasteiger partial charge in [0.05, 0.1) is 4.90 Å². The molecule has 1 aromatic rings. The van der Waals surface area contributed by atoms with Crippen LogP contribution in [0.1, 0.15) is 39.2 Å². The summed E-state index contributed by atoms with van der Waals surface area (Å²) in [5.41, 5.74) is 1.07. The minimum Gasteiger partial charge on any atom is -0.316 e. The molecule has 5 heteroatoms. The minimum absolute atomic E-state index is 0.0422. The van der Waals surface area contributed by atoms with E-state index in [1.165, 1.54) is 0 Å². The summed E-state index contributed by atoms with van der Waals surface area (Å²) < 4.78 is 27.2. The van der Waals surface area contributed by atoms with Crippen LogP contribution in [0.25, 0.3) is 0 Å². The van der Waals surface area contributed by atoms with Crippen LogP contribution in [0.5, 0.6) is 0 Å². The van der Waals surface area contributed by atoms with E-state index in [1.807, 2.05) is 26.1 Å². The quantitative estimate of drug-likeness (QED) is 0.775. The molecule has 2 N–H and O–H groups in total. The Morgan fingerprint density at radius 3 is 2.15 bits per heavy atom. The molecule has 0 bridgehead atoms. The van der Waals surface area contributed by atoms with Crippen molar-refractivity contribution < 1.29 is 8.42 Å². The second kappa shape index (κ2) is 7.76. The van der Waals surface area contributed by atoms with Crippen molar-refractivity contribution in [2.24, 2.45) is 5.92 Å². The molecular weight excluding hydrogens is 272 g/mol. The van der Waals surface area contributed by atoms with Crippen molar-refractivity contribution >= 4 is 10.0 Å². The van der Waals surface area contributed by atoms with Gasteiger partial charge in [-0.3, -0.25) is 0 Å². The molecule has 0 spiro atoms. The minimum atomic E-state index is -3.41. The molecule has 0 fully saturated rings. The number of hydrogen-bond donors (Lipinski definition) is 2. The Morgan fingerprint density at radius 1 is 1.05 bits per heavy atom. The highest BCUT2D eigenvalue weighted by Gasteiger charge is 2.17. The van der Waals surface area contributed by atoms with Crippen LogP contribution < -0.4 is 10.0 Å². The molecule has 0 amide bonds. The number of benzene rings is 1. The van der Waals surface area contributed by atoms with Crippen LogP contribution in [0.2, 0.25) is 0 Å². The molecule has 1 rings (SSSR count). The fraction of sp³-hybridized carbons (Fsp3) is 0.600. The van der Waals surface area contributed by atoms with Crippen LogP contribution >= 0.6 is 0 Å². The summed E-state index contributed by atoms with van der Waals surface area (Å²) in [6.45, 7) is 6.93. The number of hydrogen-bond acceptors (Lipinski definition) is 3. The topological polar surface area (TPSA) is 58.2 Å². The second-order valence-electron chi connectivity index (χ2n) is 5.67. The van der Waals surface area contributed by atoms with Gasteiger partial charge in [0.2, 0.25) is 10.0 Å². The average molecular weight is 298 g/mol. The van der Waals surface area contributed by atoms with Gasteiger partial charge >= 0.3 is 0 Å². The van der Waals surface area contributed by atoms with Crippen LogP contribution in [0, 0.1) is 5.92 Å². The predicted molar refractivity (Wildman–Crippen MR) is 83.1 cm³/mol. The molecule has 0 heterocycles. The zero-order valence-corrected chi connectivity index (χ0v) is 13.6. The maximum absolute atomic E-state index is 12.2. The van der Waals surface area contributed by atoms with Crippen LogP contribution in [-0.4, -0.2) is 21.5 Å². The van der Waals surface area contributed by atoms with Crippen molar-refractivity contribution in [3.8, 4) is 0 Å². The molecule has 1 unspecified atom stereocenters. The molecule has 1 aromatic carbocycles.